The molecule has 3 rings (SSSR count). The summed E-state index contributed by atoms with van der Waals surface area (Å²) in [5, 5.41) is 3.06. The molecule has 4 nitrogen and oxygen atoms in total. The first-order valence-corrected chi connectivity index (χ1v) is 9.24. The molecule has 1 amide bonds. The second-order valence-corrected chi connectivity index (χ2v) is 7.38. The maximum Gasteiger partial charge on any atom is 0.251 e. The van der Waals surface area contributed by atoms with E-state index in [9.17, 15) is 4.79 Å². The van der Waals surface area contributed by atoms with Crippen LogP contribution in [-0.2, 0) is 0 Å². The number of hydrogen-bond donors (Lipinski definition) is 1. The van der Waals surface area contributed by atoms with Crippen molar-refractivity contribution >= 4 is 21.8 Å². The van der Waals surface area contributed by atoms with E-state index in [0.29, 0.717) is 12.1 Å². The van der Waals surface area contributed by atoms with Crippen molar-refractivity contribution in [1.82, 2.24) is 10.2 Å². The monoisotopic (exact) mass is 390 g/mol. The SMILES string of the molecule is CC1CCN([C@H](CNC(=O)c2ccc(Br)cc2)c2ccco2)CC1. The number of furan rings is 1. The molecule has 24 heavy (non-hydrogen) atoms. The lowest BCUT2D eigenvalue weighted by atomic mass is 9.97. The van der Waals surface area contributed by atoms with Gasteiger partial charge in [0.1, 0.15) is 5.76 Å². The van der Waals surface area contributed by atoms with Crippen LogP contribution in [-0.4, -0.2) is 30.4 Å². The predicted octanol–water partition coefficient (Wildman–Crippen LogP) is 4.25. The summed E-state index contributed by atoms with van der Waals surface area (Å²) >= 11 is 3.39. The highest BCUT2D eigenvalue weighted by Gasteiger charge is 2.26. The molecule has 1 atom stereocenters. The molecule has 1 aliphatic rings. The van der Waals surface area contributed by atoms with E-state index in [-0.39, 0.29) is 11.9 Å². The van der Waals surface area contributed by atoms with Crippen LogP contribution in [0.15, 0.2) is 51.6 Å². The minimum atomic E-state index is -0.0515. The van der Waals surface area contributed by atoms with Crippen LogP contribution in [0.1, 0.15) is 41.9 Å². The second-order valence-electron chi connectivity index (χ2n) is 6.47. The average molecular weight is 391 g/mol. The molecule has 128 valence electrons. The Bertz CT molecular complexity index is 647. The van der Waals surface area contributed by atoms with E-state index < -0.39 is 0 Å². The zero-order valence-electron chi connectivity index (χ0n) is 13.9. The lowest BCUT2D eigenvalue weighted by Gasteiger charge is -2.35. The van der Waals surface area contributed by atoms with Gasteiger partial charge in [0.2, 0.25) is 0 Å². The summed E-state index contributed by atoms with van der Waals surface area (Å²) in [4.78, 5) is 14.8. The maximum atomic E-state index is 12.4. The Morgan fingerprint density at radius 3 is 2.62 bits per heavy atom. The topological polar surface area (TPSA) is 45.5 Å². The molecule has 1 fully saturated rings. The standard InChI is InChI=1S/C19H23BrN2O2/c1-14-8-10-22(11-9-14)17(18-3-2-12-24-18)13-21-19(23)15-4-6-16(20)7-5-15/h2-7,12,14,17H,8-11,13H2,1H3,(H,21,23)/t17-/m1/s1. The number of benzene rings is 1. The Morgan fingerprint density at radius 1 is 1.29 bits per heavy atom. The van der Waals surface area contributed by atoms with Crippen LogP contribution in [0.2, 0.25) is 0 Å². The summed E-state index contributed by atoms with van der Waals surface area (Å²) in [7, 11) is 0. The molecule has 2 heterocycles. The van der Waals surface area contributed by atoms with Crippen molar-refractivity contribution in [2.24, 2.45) is 5.92 Å². The van der Waals surface area contributed by atoms with E-state index in [1.165, 1.54) is 12.8 Å². The molecule has 0 aliphatic carbocycles. The molecular formula is C19H23BrN2O2. The normalized spacial score (nSPS) is 17.6. The van der Waals surface area contributed by atoms with E-state index in [1.54, 1.807) is 6.26 Å². The highest BCUT2D eigenvalue weighted by Crippen LogP contribution is 2.26. The number of halogens is 1. The Balaban J connectivity index is 1.66. The van der Waals surface area contributed by atoms with Crippen molar-refractivity contribution in [2.45, 2.75) is 25.8 Å². The van der Waals surface area contributed by atoms with Gasteiger partial charge < -0.3 is 9.73 Å². The third-order valence-electron chi connectivity index (χ3n) is 4.69. The van der Waals surface area contributed by atoms with Crippen LogP contribution >= 0.6 is 15.9 Å². The molecule has 0 spiro atoms. The first kappa shape index (κ1) is 17.2. The summed E-state index contributed by atoms with van der Waals surface area (Å²) < 4.78 is 6.60. The summed E-state index contributed by atoms with van der Waals surface area (Å²) in [6.07, 6.45) is 4.08. The zero-order chi connectivity index (χ0) is 16.9. The van der Waals surface area contributed by atoms with Gasteiger partial charge in [0.05, 0.1) is 12.3 Å². The Hall–Kier alpha value is -1.59. The first-order valence-electron chi connectivity index (χ1n) is 8.44. The molecule has 1 aromatic carbocycles. The van der Waals surface area contributed by atoms with E-state index >= 15 is 0 Å². The van der Waals surface area contributed by atoms with Gasteiger partial charge in [-0.15, -0.1) is 0 Å². The molecule has 1 N–H and O–H groups in total. The fourth-order valence-corrected chi connectivity index (χ4v) is 3.39. The number of hydrogen-bond acceptors (Lipinski definition) is 3. The van der Waals surface area contributed by atoms with E-state index in [4.69, 9.17) is 4.42 Å². The van der Waals surface area contributed by atoms with Crippen LogP contribution in [0.5, 0.6) is 0 Å². The lowest BCUT2D eigenvalue weighted by molar-refractivity contribution is 0.0895. The van der Waals surface area contributed by atoms with Crippen LogP contribution in [0.3, 0.4) is 0 Å². The molecule has 1 saturated heterocycles. The van der Waals surface area contributed by atoms with E-state index in [0.717, 1.165) is 29.2 Å². The number of piperidine rings is 1. The maximum absolute atomic E-state index is 12.4. The number of carbonyl (C=O) groups excluding carboxylic acids is 1. The summed E-state index contributed by atoms with van der Waals surface area (Å²) in [5.74, 6) is 1.64. The summed E-state index contributed by atoms with van der Waals surface area (Å²) in [6, 6.07) is 11.4. The average Bonchev–Trinajstić information content (AvgIpc) is 3.11. The predicted molar refractivity (Wildman–Crippen MR) is 97.9 cm³/mol. The fourth-order valence-electron chi connectivity index (χ4n) is 3.12. The minimum absolute atomic E-state index is 0.0515. The highest BCUT2D eigenvalue weighted by molar-refractivity contribution is 9.10. The fraction of sp³-hybridized carbons (Fsp3) is 0.421. The van der Waals surface area contributed by atoms with Gasteiger partial charge in [-0.3, -0.25) is 9.69 Å². The van der Waals surface area contributed by atoms with Crippen molar-refractivity contribution in [3.05, 3.63) is 58.5 Å². The quantitative estimate of drug-likeness (QED) is 0.829. The van der Waals surface area contributed by atoms with Gasteiger partial charge in [0.15, 0.2) is 0 Å². The zero-order valence-corrected chi connectivity index (χ0v) is 15.5. The minimum Gasteiger partial charge on any atom is -0.468 e. The largest absolute Gasteiger partial charge is 0.468 e. The van der Waals surface area contributed by atoms with Crippen molar-refractivity contribution in [3.63, 3.8) is 0 Å². The number of amides is 1. The smallest absolute Gasteiger partial charge is 0.251 e. The number of rotatable bonds is 5. The molecule has 0 bridgehead atoms. The van der Waals surface area contributed by atoms with Crippen molar-refractivity contribution in [2.75, 3.05) is 19.6 Å². The Labute approximate surface area is 151 Å². The van der Waals surface area contributed by atoms with Crippen LogP contribution in [0, 0.1) is 5.92 Å². The molecule has 0 saturated carbocycles. The Kier molecular flexibility index (Phi) is 5.74. The second kappa shape index (κ2) is 7.99. The van der Waals surface area contributed by atoms with Gasteiger partial charge in [-0.25, -0.2) is 0 Å². The van der Waals surface area contributed by atoms with Crippen LogP contribution in [0.4, 0.5) is 0 Å². The molecule has 1 aromatic heterocycles. The Morgan fingerprint density at radius 2 is 2.00 bits per heavy atom. The third kappa shape index (κ3) is 4.28. The van der Waals surface area contributed by atoms with Crippen molar-refractivity contribution in [1.29, 1.82) is 0 Å². The summed E-state index contributed by atoms with van der Waals surface area (Å²) in [6.45, 7) is 4.94. The van der Waals surface area contributed by atoms with Crippen molar-refractivity contribution < 1.29 is 9.21 Å². The first-order chi connectivity index (χ1) is 11.6. The van der Waals surface area contributed by atoms with Gasteiger partial charge >= 0.3 is 0 Å². The number of nitrogens with zero attached hydrogens (tertiary/aromatic N) is 1. The number of nitrogens with one attached hydrogen (secondary N) is 1. The molecule has 1 aliphatic heterocycles. The van der Waals surface area contributed by atoms with Gasteiger partial charge in [-0.2, -0.15) is 0 Å². The number of carbonyl (C=O) groups is 1. The van der Waals surface area contributed by atoms with E-state index in [2.05, 4.69) is 33.1 Å². The van der Waals surface area contributed by atoms with Gasteiger partial charge in [-0.1, -0.05) is 22.9 Å². The van der Waals surface area contributed by atoms with Gasteiger partial charge in [-0.05, 0) is 68.2 Å². The third-order valence-corrected chi connectivity index (χ3v) is 5.22. The molecule has 5 heteroatoms. The molecule has 0 radical (unpaired) electrons. The lowest BCUT2D eigenvalue weighted by Crippen LogP contribution is -2.41. The van der Waals surface area contributed by atoms with Gasteiger partial charge in [0, 0.05) is 16.6 Å². The molecular weight excluding hydrogens is 368 g/mol. The van der Waals surface area contributed by atoms with Crippen molar-refractivity contribution in [3.8, 4) is 0 Å². The van der Waals surface area contributed by atoms with E-state index in [1.807, 2.05) is 36.4 Å². The molecule has 2 aromatic rings. The molecule has 0 unspecified atom stereocenters. The van der Waals surface area contributed by atoms with Crippen LogP contribution in [0.25, 0.3) is 0 Å². The van der Waals surface area contributed by atoms with Crippen LogP contribution < -0.4 is 5.32 Å². The van der Waals surface area contributed by atoms with Gasteiger partial charge in [0.25, 0.3) is 5.91 Å². The highest BCUT2D eigenvalue weighted by atomic mass is 79.9. The summed E-state index contributed by atoms with van der Waals surface area (Å²) in [5.41, 5.74) is 0.670. The number of likely N-dealkylation sites (tertiary alicyclic amines) is 1.